The lowest BCUT2D eigenvalue weighted by Crippen LogP contribution is -2.29. The van der Waals surface area contributed by atoms with Gasteiger partial charge in [0.05, 0.1) is 13.0 Å². The molecule has 1 aromatic rings. The highest BCUT2D eigenvalue weighted by molar-refractivity contribution is 5.70. The van der Waals surface area contributed by atoms with E-state index in [1.165, 1.54) is 7.11 Å². The lowest BCUT2D eigenvalue weighted by Gasteiger charge is -2.20. The molecular formula is C11H17N3O3. The first-order chi connectivity index (χ1) is 7.93. The van der Waals surface area contributed by atoms with Crippen molar-refractivity contribution in [2.45, 2.75) is 13.8 Å². The van der Waals surface area contributed by atoms with Gasteiger partial charge in [-0.05, 0) is 6.92 Å². The Labute approximate surface area is 100 Å². The molecule has 0 aliphatic heterocycles. The standard InChI is InChI=1S/C11H17N3O3/c1-7(11(15)16)6-14(3)9-5-10(17-4)13-8(2)12-9/h5,7H,6H2,1-4H3,(H,15,16). The van der Waals surface area contributed by atoms with E-state index in [2.05, 4.69) is 9.97 Å². The molecular weight excluding hydrogens is 222 g/mol. The Hall–Kier alpha value is -1.85. The van der Waals surface area contributed by atoms with Crippen LogP contribution in [0.25, 0.3) is 0 Å². The first-order valence-electron chi connectivity index (χ1n) is 5.27. The van der Waals surface area contributed by atoms with Crippen LogP contribution in [-0.4, -0.2) is 41.7 Å². The molecule has 0 saturated carbocycles. The quantitative estimate of drug-likeness (QED) is 0.824. The van der Waals surface area contributed by atoms with Gasteiger partial charge in [-0.25, -0.2) is 4.98 Å². The van der Waals surface area contributed by atoms with Crippen LogP contribution in [0.2, 0.25) is 0 Å². The van der Waals surface area contributed by atoms with Crippen molar-refractivity contribution in [3.63, 3.8) is 0 Å². The molecule has 0 aliphatic rings. The number of carboxylic acid groups (broad SMARTS) is 1. The summed E-state index contributed by atoms with van der Waals surface area (Å²) in [6.45, 7) is 3.81. The number of aryl methyl sites for hydroxylation is 1. The topological polar surface area (TPSA) is 75.5 Å². The second-order valence-corrected chi connectivity index (χ2v) is 3.94. The molecule has 1 aromatic heterocycles. The lowest BCUT2D eigenvalue weighted by molar-refractivity contribution is -0.140. The van der Waals surface area contributed by atoms with Crippen molar-refractivity contribution in [1.82, 2.24) is 9.97 Å². The zero-order valence-corrected chi connectivity index (χ0v) is 10.5. The van der Waals surface area contributed by atoms with Crippen molar-refractivity contribution < 1.29 is 14.6 Å². The highest BCUT2D eigenvalue weighted by Gasteiger charge is 2.15. The Morgan fingerprint density at radius 2 is 2.24 bits per heavy atom. The summed E-state index contributed by atoms with van der Waals surface area (Å²) in [5.74, 6) is 0.440. The number of rotatable bonds is 5. The SMILES string of the molecule is COc1cc(N(C)CC(C)C(=O)O)nc(C)n1. The van der Waals surface area contributed by atoms with Gasteiger partial charge in [0, 0.05) is 19.7 Å². The average molecular weight is 239 g/mol. The molecule has 0 saturated heterocycles. The summed E-state index contributed by atoms with van der Waals surface area (Å²) in [5, 5.41) is 8.85. The van der Waals surface area contributed by atoms with E-state index in [-0.39, 0.29) is 0 Å². The van der Waals surface area contributed by atoms with Gasteiger partial charge in [0.1, 0.15) is 11.6 Å². The number of hydrogen-bond donors (Lipinski definition) is 1. The van der Waals surface area contributed by atoms with Crippen molar-refractivity contribution in [3.05, 3.63) is 11.9 Å². The van der Waals surface area contributed by atoms with E-state index in [1.54, 1.807) is 31.9 Å². The van der Waals surface area contributed by atoms with Crippen molar-refractivity contribution in [2.24, 2.45) is 5.92 Å². The smallest absolute Gasteiger partial charge is 0.308 e. The maximum Gasteiger partial charge on any atom is 0.308 e. The molecule has 0 bridgehead atoms. The van der Waals surface area contributed by atoms with Crippen LogP contribution >= 0.6 is 0 Å². The van der Waals surface area contributed by atoms with Crippen molar-refractivity contribution in [1.29, 1.82) is 0 Å². The first-order valence-corrected chi connectivity index (χ1v) is 5.27. The number of nitrogens with zero attached hydrogens (tertiary/aromatic N) is 3. The maximum absolute atomic E-state index is 10.8. The highest BCUT2D eigenvalue weighted by Crippen LogP contribution is 2.17. The van der Waals surface area contributed by atoms with Crippen molar-refractivity contribution >= 4 is 11.8 Å². The second-order valence-electron chi connectivity index (χ2n) is 3.94. The van der Waals surface area contributed by atoms with Crippen LogP contribution in [0.5, 0.6) is 5.88 Å². The largest absolute Gasteiger partial charge is 0.481 e. The Balaban J connectivity index is 2.84. The van der Waals surface area contributed by atoms with Crippen LogP contribution in [-0.2, 0) is 4.79 Å². The fourth-order valence-electron chi connectivity index (χ4n) is 1.41. The van der Waals surface area contributed by atoms with Crippen LogP contribution < -0.4 is 9.64 Å². The van der Waals surface area contributed by atoms with Gasteiger partial charge in [-0.3, -0.25) is 4.79 Å². The number of anilines is 1. The molecule has 0 spiro atoms. The molecule has 0 fully saturated rings. The summed E-state index contributed by atoms with van der Waals surface area (Å²) >= 11 is 0. The second kappa shape index (κ2) is 5.47. The summed E-state index contributed by atoms with van der Waals surface area (Å²) in [7, 11) is 3.33. The molecule has 1 rings (SSSR count). The maximum atomic E-state index is 10.8. The molecule has 1 atom stereocenters. The van der Waals surface area contributed by atoms with Crippen LogP contribution in [0.1, 0.15) is 12.7 Å². The van der Waals surface area contributed by atoms with Crippen molar-refractivity contribution in [2.75, 3.05) is 25.6 Å². The molecule has 6 nitrogen and oxygen atoms in total. The molecule has 1 N–H and O–H groups in total. The third kappa shape index (κ3) is 3.58. The number of aliphatic carboxylic acids is 1. The van der Waals surface area contributed by atoms with Gasteiger partial charge in [0.15, 0.2) is 0 Å². The Kier molecular flexibility index (Phi) is 4.25. The van der Waals surface area contributed by atoms with Crippen molar-refractivity contribution in [3.8, 4) is 5.88 Å². The minimum atomic E-state index is -0.824. The molecule has 0 amide bonds. The predicted octanol–water partition coefficient (Wildman–Crippen LogP) is 0.951. The van der Waals surface area contributed by atoms with E-state index in [0.717, 1.165) is 0 Å². The monoisotopic (exact) mass is 239 g/mol. The van der Waals surface area contributed by atoms with Gasteiger partial charge >= 0.3 is 5.97 Å². The third-order valence-corrected chi connectivity index (χ3v) is 2.37. The van der Waals surface area contributed by atoms with Crippen LogP contribution in [0, 0.1) is 12.8 Å². The number of carboxylic acids is 1. The highest BCUT2D eigenvalue weighted by atomic mass is 16.5. The summed E-state index contributed by atoms with van der Waals surface area (Å²) in [6.07, 6.45) is 0. The molecule has 1 heterocycles. The van der Waals surface area contributed by atoms with Crippen LogP contribution in [0.15, 0.2) is 6.07 Å². The molecule has 0 aliphatic carbocycles. The van der Waals surface area contributed by atoms with Gasteiger partial charge in [-0.2, -0.15) is 4.98 Å². The predicted molar refractivity (Wildman–Crippen MR) is 63.4 cm³/mol. The first kappa shape index (κ1) is 13.2. The van der Waals surface area contributed by atoms with E-state index >= 15 is 0 Å². The summed E-state index contributed by atoms with van der Waals surface area (Å²) in [4.78, 5) is 20.9. The number of carbonyl (C=O) groups is 1. The van der Waals surface area contributed by atoms with E-state index in [9.17, 15) is 4.79 Å². The number of methoxy groups -OCH3 is 1. The molecule has 1 unspecified atom stereocenters. The van der Waals surface area contributed by atoms with Gasteiger partial charge in [0.2, 0.25) is 5.88 Å². The lowest BCUT2D eigenvalue weighted by atomic mass is 10.2. The molecule has 0 aromatic carbocycles. The average Bonchev–Trinajstić information content (AvgIpc) is 2.27. The summed E-state index contributed by atoms with van der Waals surface area (Å²) in [5.41, 5.74) is 0. The number of hydrogen-bond acceptors (Lipinski definition) is 5. The van der Waals surface area contributed by atoms with E-state index in [0.29, 0.717) is 24.1 Å². The normalized spacial score (nSPS) is 12.0. The Morgan fingerprint density at radius 1 is 1.59 bits per heavy atom. The minimum absolute atomic E-state index is 0.384. The minimum Gasteiger partial charge on any atom is -0.481 e. The van der Waals surface area contributed by atoms with E-state index in [4.69, 9.17) is 9.84 Å². The zero-order valence-electron chi connectivity index (χ0n) is 10.5. The molecule has 6 heteroatoms. The molecule has 17 heavy (non-hydrogen) atoms. The zero-order chi connectivity index (χ0) is 13.0. The van der Waals surface area contributed by atoms with Gasteiger partial charge in [0.25, 0.3) is 0 Å². The fraction of sp³-hybridized carbons (Fsp3) is 0.545. The molecule has 0 radical (unpaired) electrons. The number of aromatic nitrogens is 2. The van der Waals surface area contributed by atoms with Gasteiger partial charge < -0.3 is 14.7 Å². The van der Waals surface area contributed by atoms with Crippen LogP contribution in [0.4, 0.5) is 5.82 Å². The molecule has 94 valence electrons. The summed E-state index contributed by atoms with van der Waals surface area (Å²) < 4.78 is 5.04. The van der Waals surface area contributed by atoms with E-state index < -0.39 is 11.9 Å². The van der Waals surface area contributed by atoms with Gasteiger partial charge in [-0.15, -0.1) is 0 Å². The fourth-order valence-corrected chi connectivity index (χ4v) is 1.41. The Morgan fingerprint density at radius 3 is 2.76 bits per heavy atom. The Bertz CT molecular complexity index is 409. The third-order valence-electron chi connectivity index (χ3n) is 2.37. The van der Waals surface area contributed by atoms with E-state index in [1.807, 2.05) is 0 Å². The summed E-state index contributed by atoms with van der Waals surface area (Å²) in [6, 6.07) is 1.68. The number of ether oxygens (including phenoxy) is 1. The van der Waals surface area contributed by atoms with Gasteiger partial charge in [-0.1, -0.05) is 6.92 Å². The van der Waals surface area contributed by atoms with Crippen LogP contribution in [0.3, 0.4) is 0 Å².